The molecule has 0 aliphatic rings. The van der Waals surface area contributed by atoms with E-state index in [1.165, 1.54) is 3.57 Å². The van der Waals surface area contributed by atoms with Gasteiger partial charge in [-0.15, -0.1) is 0 Å². The Morgan fingerprint density at radius 1 is 1.55 bits per heavy atom. The number of hydrogen-bond donors (Lipinski definition) is 1. The Kier molecular flexibility index (Phi) is 3.48. The topological polar surface area (TPSA) is 26.0 Å². The second-order valence-electron chi connectivity index (χ2n) is 2.04. The fraction of sp³-hybridized carbons (Fsp3) is 0.125. The molecule has 1 rings (SSSR count). The molecule has 3 heteroatoms. The molecule has 0 heterocycles. The van der Waals surface area contributed by atoms with Crippen LogP contribution in [0.5, 0.6) is 0 Å². The quantitative estimate of drug-likeness (QED) is 0.828. The zero-order valence-corrected chi connectivity index (χ0v) is 8.89. The summed E-state index contributed by atoms with van der Waals surface area (Å²) in [5, 5.41) is 0.772. The zero-order chi connectivity index (χ0) is 8.27. The maximum atomic E-state index is 5.92. The molecule has 0 saturated heterocycles. The maximum Gasteiger partial charge on any atom is 0.0461 e. The van der Waals surface area contributed by atoms with Crippen LogP contribution in [0, 0.1) is 3.57 Å². The summed E-state index contributed by atoms with van der Waals surface area (Å²) in [6.07, 6.45) is 0. The van der Waals surface area contributed by atoms with Crippen molar-refractivity contribution < 1.29 is 0 Å². The average molecular weight is 282 g/mol. The predicted octanol–water partition coefficient (Wildman–Crippen LogP) is 2.37. The molecule has 0 fully saturated rings. The normalized spacial score (nSPS) is 10.0. The lowest BCUT2D eigenvalue weighted by Crippen LogP contribution is -1.99. The molecule has 0 unspecified atom stereocenters. The van der Waals surface area contributed by atoms with E-state index in [2.05, 4.69) is 4.51 Å². The Bertz CT molecular complexity index is 273. The Balaban J connectivity index is 3.23. The number of benzene rings is 1. The summed E-state index contributed by atoms with van der Waals surface area (Å²) in [6.45, 7) is 0.518. The van der Waals surface area contributed by atoms with Crippen molar-refractivity contribution in [2.24, 2.45) is 5.73 Å². The molecule has 0 spiro atoms. The Morgan fingerprint density at radius 3 is 2.73 bits per heavy atom. The molecule has 0 amide bonds. The van der Waals surface area contributed by atoms with Gasteiger partial charge in [0.1, 0.15) is 0 Å². The zero-order valence-electron chi connectivity index (χ0n) is 5.98. The van der Waals surface area contributed by atoms with Crippen molar-refractivity contribution in [3.63, 3.8) is 0 Å². The molecule has 2 N–H and O–H groups in total. The summed E-state index contributed by atoms with van der Waals surface area (Å²) < 4.78 is 5.15. The fourth-order valence-corrected chi connectivity index (χ4v) is 2.70. The second kappa shape index (κ2) is 4.18. The van der Waals surface area contributed by atoms with Gasteiger partial charge in [0.2, 0.25) is 0 Å². The molecule has 0 radical (unpaired) electrons. The van der Waals surface area contributed by atoms with Crippen molar-refractivity contribution in [2.45, 2.75) is 6.54 Å². The van der Waals surface area contributed by atoms with Crippen LogP contribution < -0.4 is 5.73 Å². The molecule has 0 aliphatic heterocycles. The highest BCUT2D eigenvalue weighted by atomic mass is 127. The van der Waals surface area contributed by atoms with E-state index in [9.17, 15) is 0 Å². The fourth-order valence-electron chi connectivity index (χ4n) is 0.853. The van der Waals surface area contributed by atoms with Crippen LogP contribution >= 0.6 is 32.3 Å². The molecule has 0 atom stereocenters. The van der Waals surface area contributed by atoms with Gasteiger partial charge in [0, 0.05) is 15.1 Å². The van der Waals surface area contributed by atoms with Gasteiger partial charge in [0.25, 0.3) is 0 Å². The largest absolute Gasteiger partial charge is 0.326 e. The van der Waals surface area contributed by atoms with Gasteiger partial charge >= 0.3 is 0 Å². The van der Waals surface area contributed by atoms with Crippen LogP contribution in [0.2, 0.25) is 5.02 Å². The third-order valence-corrected chi connectivity index (χ3v) is 3.60. The summed E-state index contributed by atoms with van der Waals surface area (Å²) in [4.78, 5) is 0. The van der Waals surface area contributed by atoms with Gasteiger partial charge in [-0.2, -0.15) is 0 Å². The van der Waals surface area contributed by atoms with Crippen molar-refractivity contribution in [3.05, 3.63) is 32.4 Å². The molecule has 1 nitrogen and oxygen atoms in total. The number of rotatable bonds is 2. The first-order chi connectivity index (χ1) is 5.29. The van der Waals surface area contributed by atoms with Crippen molar-refractivity contribution in [1.29, 1.82) is 0 Å². The van der Waals surface area contributed by atoms with Gasteiger partial charge in [-0.05, 0) is 17.7 Å². The SMILES string of the molecule is C=Ic1cccc(Cl)c1CN. The van der Waals surface area contributed by atoms with E-state index in [1.807, 2.05) is 18.2 Å². The first-order valence-corrected chi connectivity index (χ1v) is 6.13. The van der Waals surface area contributed by atoms with Crippen LogP contribution in [0.4, 0.5) is 0 Å². The highest BCUT2D eigenvalue weighted by Gasteiger charge is 2.01. The molecule has 11 heavy (non-hydrogen) atoms. The molecule has 0 aromatic heterocycles. The monoisotopic (exact) mass is 281 g/mol. The van der Waals surface area contributed by atoms with Crippen molar-refractivity contribution in [2.75, 3.05) is 0 Å². The summed E-state index contributed by atoms with van der Waals surface area (Å²) in [6, 6.07) is 5.86. The van der Waals surface area contributed by atoms with Crippen LogP contribution in [0.3, 0.4) is 0 Å². The number of halogens is 2. The molecular formula is C8H9ClIN. The van der Waals surface area contributed by atoms with Crippen molar-refractivity contribution >= 4 is 36.8 Å². The van der Waals surface area contributed by atoms with Gasteiger partial charge in [-0.3, -0.25) is 0 Å². The first-order valence-electron chi connectivity index (χ1n) is 3.15. The number of nitrogens with two attached hydrogens (primary N) is 1. The summed E-state index contributed by atoms with van der Waals surface area (Å²) in [7, 11) is 0. The van der Waals surface area contributed by atoms with E-state index >= 15 is 0 Å². The van der Waals surface area contributed by atoms with E-state index in [4.69, 9.17) is 17.3 Å². The van der Waals surface area contributed by atoms with Crippen LogP contribution in [0.25, 0.3) is 0 Å². The predicted molar refractivity (Wildman–Crippen MR) is 59.2 cm³/mol. The molecular weight excluding hydrogens is 272 g/mol. The van der Waals surface area contributed by atoms with Gasteiger partial charge < -0.3 is 5.73 Å². The van der Waals surface area contributed by atoms with Gasteiger partial charge in [0.15, 0.2) is 0 Å². The Morgan fingerprint density at radius 2 is 2.27 bits per heavy atom. The minimum Gasteiger partial charge on any atom is -0.326 e. The second-order valence-corrected chi connectivity index (χ2v) is 4.37. The lowest BCUT2D eigenvalue weighted by atomic mass is 10.2. The standard InChI is InChI=1S/C8H9ClIN/c1-10-8-4-2-3-7(9)6(8)5-11/h2-4H,1,5,11H2. The summed E-state index contributed by atoms with van der Waals surface area (Å²) in [5.41, 5.74) is 6.60. The molecule has 1 aromatic rings. The minimum atomic E-state index is -0.150. The average Bonchev–Trinajstić information content (AvgIpc) is 2.04. The van der Waals surface area contributed by atoms with Gasteiger partial charge in [0.05, 0.1) is 0 Å². The van der Waals surface area contributed by atoms with E-state index in [0.717, 1.165) is 10.6 Å². The van der Waals surface area contributed by atoms with Crippen LogP contribution in [-0.2, 0) is 6.54 Å². The number of hydrogen-bond acceptors (Lipinski definition) is 1. The molecule has 1 aromatic carbocycles. The van der Waals surface area contributed by atoms with Crippen molar-refractivity contribution in [3.8, 4) is 0 Å². The molecule has 60 valence electrons. The lowest BCUT2D eigenvalue weighted by Gasteiger charge is -2.03. The Hall–Kier alpha value is 0.0700. The molecule has 0 aliphatic carbocycles. The van der Waals surface area contributed by atoms with E-state index < -0.39 is 0 Å². The third-order valence-electron chi connectivity index (χ3n) is 1.41. The summed E-state index contributed by atoms with van der Waals surface area (Å²) >= 11 is 5.77. The van der Waals surface area contributed by atoms with Gasteiger partial charge in [-0.1, -0.05) is 42.9 Å². The van der Waals surface area contributed by atoms with E-state index in [0.29, 0.717) is 6.54 Å². The maximum absolute atomic E-state index is 5.92. The van der Waals surface area contributed by atoms with Crippen molar-refractivity contribution in [1.82, 2.24) is 0 Å². The van der Waals surface area contributed by atoms with Crippen LogP contribution in [0.15, 0.2) is 18.2 Å². The van der Waals surface area contributed by atoms with Gasteiger partial charge in [-0.25, -0.2) is 0 Å². The van der Waals surface area contributed by atoms with Crippen LogP contribution in [0.1, 0.15) is 5.56 Å². The smallest absolute Gasteiger partial charge is 0.0461 e. The summed E-state index contributed by atoms with van der Waals surface area (Å²) in [5.74, 6) is 0. The third kappa shape index (κ3) is 2.01. The highest BCUT2D eigenvalue weighted by Crippen LogP contribution is 2.22. The Labute approximate surface area is 81.3 Å². The molecule has 0 saturated carbocycles. The minimum absolute atomic E-state index is 0.150. The highest BCUT2D eigenvalue weighted by molar-refractivity contribution is 14.2. The molecule has 0 bridgehead atoms. The first kappa shape index (κ1) is 9.16. The van der Waals surface area contributed by atoms with E-state index in [1.54, 1.807) is 0 Å². The lowest BCUT2D eigenvalue weighted by molar-refractivity contribution is 1.06. The van der Waals surface area contributed by atoms with Crippen LogP contribution in [-0.4, -0.2) is 4.51 Å². The van der Waals surface area contributed by atoms with E-state index in [-0.39, 0.29) is 20.7 Å².